The van der Waals surface area contributed by atoms with Crippen LogP contribution in [0.2, 0.25) is 0 Å². The maximum absolute atomic E-state index is 10.2. The molecule has 1 N–H and O–H groups in total. The zero-order valence-corrected chi connectivity index (χ0v) is 10.3. The SMILES string of the molecule is CC(C)Oc1cncc(C(O)C2CCCO2)c1. The lowest BCUT2D eigenvalue weighted by Gasteiger charge is -2.18. The molecule has 0 aromatic carbocycles. The van der Waals surface area contributed by atoms with Crippen molar-refractivity contribution in [3.8, 4) is 5.75 Å². The smallest absolute Gasteiger partial charge is 0.138 e. The van der Waals surface area contributed by atoms with Gasteiger partial charge in [0.1, 0.15) is 11.9 Å². The van der Waals surface area contributed by atoms with E-state index in [9.17, 15) is 5.11 Å². The zero-order valence-electron chi connectivity index (χ0n) is 10.3. The number of hydrogen-bond acceptors (Lipinski definition) is 4. The maximum atomic E-state index is 10.2. The molecule has 0 radical (unpaired) electrons. The van der Waals surface area contributed by atoms with E-state index in [0.717, 1.165) is 25.0 Å². The highest BCUT2D eigenvalue weighted by Gasteiger charge is 2.25. The third-order valence-corrected chi connectivity index (χ3v) is 2.76. The van der Waals surface area contributed by atoms with Gasteiger partial charge in [-0.2, -0.15) is 0 Å². The lowest BCUT2D eigenvalue weighted by molar-refractivity contribution is -0.00288. The highest BCUT2D eigenvalue weighted by atomic mass is 16.5. The topological polar surface area (TPSA) is 51.6 Å². The van der Waals surface area contributed by atoms with Crippen LogP contribution in [0.25, 0.3) is 0 Å². The molecule has 94 valence electrons. The monoisotopic (exact) mass is 237 g/mol. The summed E-state index contributed by atoms with van der Waals surface area (Å²) < 4.78 is 11.0. The molecule has 2 rings (SSSR count). The van der Waals surface area contributed by atoms with Crippen LogP contribution in [0.15, 0.2) is 18.5 Å². The molecule has 4 nitrogen and oxygen atoms in total. The largest absolute Gasteiger partial charge is 0.489 e. The molecule has 1 fully saturated rings. The first-order valence-electron chi connectivity index (χ1n) is 6.08. The molecule has 0 saturated carbocycles. The number of aliphatic hydroxyl groups is 1. The lowest BCUT2D eigenvalue weighted by Crippen LogP contribution is -2.17. The first-order valence-corrected chi connectivity index (χ1v) is 6.08. The molecule has 0 spiro atoms. The standard InChI is InChI=1S/C13H19NO3/c1-9(2)17-11-6-10(7-14-8-11)13(15)12-4-3-5-16-12/h6-9,12-13,15H,3-5H2,1-2H3. The minimum Gasteiger partial charge on any atom is -0.489 e. The van der Waals surface area contributed by atoms with Gasteiger partial charge in [-0.1, -0.05) is 0 Å². The molecule has 0 amide bonds. The number of rotatable bonds is 4. The van der Waals surface area contributed by atoms with E-state index in [1.807, 2.05) is 19.9 Å². The minimum atomic E-state index is -0.610. The minimum absolute atomic E-state index is 0.104. The molecular formula is C13H19NO3. The van der Waals surface area contributed by atoms with Crippen LogP contribution in [-0.4, -0.2) is 28.9 Å². The van der Waals surface area contributed by atoms with Gasteiger partial charge >= 0.3 is 0 Å². The molecule has 2 unspecified atom stereocenters. The fourth-order valence-corrected chi connectivity index (χ4v) is 2.00. The first-order chi connectivity index (χ1) is 8.16. The van der Waals surface area contributed by atoms with E-state index < -0.39 is 6.10 Å². The Balaban J connectivity index is 2.09. The molecule has 1 aliphatic rings. The van der Waals surface area contributed by atoms with Crippen molar-refractivity contribution >= 4 is 0 Å². The molecule has 2 heterocycles. The molecule has 0 bridgehead atoms. The normalized spacial score (nSPS) is 21.8. The van der Waals surface area contributed by atoms with Gasteiger partial charge in [0, 0.05) is 18.4 Å². The van der Waals surface area contributed by atoms with E-state index in [0.29, 0.717) is 5.75 Å². The van der Waals surface area contributed by atoms with E-state index in [2.05, 4.69) is 4.98 Å². The average molecular weight is 237 g/mol. The van der Waals surface area contributed by atoms with Crippen LogP contribution in [0.3, 0.4) is 0 Å². The zero-order chi connectivity index (χ0) is 12.3. The van der Waals surface area contributed by atoms with Crippen molar-refractivity contribution in [3.63, 3.8) is 0 Å². The van der Waals surface area contributed by atoms with Gasteiger partial charge in [-0.3, -0.25) is 4.98 Å². The average Bonchev–Trinajstić information content (AvgIpc) is 2.81. The molecule has 2 atom stereocenters. The Kier molecular flexibility index (Phi) is 3.97. The van der Waals surface area contributed by atoms with Gasteiger partial charge in [-0.25, -0.2) is 0 Å². The van der Waals surface area contributed by atoms with E-state index in [1.165, 1.54) is 0 Å². The Hall–Kier alpha value is -1.13. The molecule has 1 aliphatic heterocycles. The molecule has 1 aromatic heterocycles. The number of aromatic nitrogens is 1. The Labute approximate surface area is 102 Å². The van der Waals surface area contributed by atoms with Gasteiger partial charge in [-0.05, 0) is 32.8 Å². The van der Waals surface area contributed by atoms with Crippen LogP contribution in [0.1, 0.15) is 38.4 Å². The highest BCUT2D eigenvalue weighted by Crippen LogP contribution is 2.28. The maximum Gasteiger partial charge on any atom is 0.138 e. The van der Waals surface area contributed by atoms with Gasteiger partial charge in [-0.15, -0.1) is 0 Å². The van der Waals surface area contributed by atoms with Gasteiger partial charge in [0.15, 0.2) is 0 Å². The highest BCUT2D eigenvalue weighted by molar-refractivity contribution is 5.26. The molecular weight excluding hydrogens is 218 g/mol. The Morgan fingerprint density at radius 2 is 2.29 bits per heavy atom. The summed E-state index contributed by atoms with van der Waals surface area (Å²) in [5, 5.41) is 10.2. The molecule has 4 heteroatoms. The van der Waals surface area contributed by atoms with Crippen molar-refractivity contribution in [1.82, 2.24) is 4.98 Å². The number of ether oxygens (including phenoxy) is 2. The predicted octanol–water partition coefficient (Wildman–Crippen LogP) is 2.08. The Morgan fingerprint density at radius 3 is 2.94 bits per heavy atom. The van der Waals surface area contributed by atoms with Gasteiger partial charge in [0.2, 0.25) is 0 Å². The van der Waals surface area contributed by atoms with Crippen LogP contribution < -0.4 is 4.74 Å². The van der Waals surface area contributed by atoms with E-state index in [1.54, 1.807) is 12.4 Å². The lowest BCUT2D eigenvalue weighted by atomic mass is 10.0. The van der Waals surface area contributed by atoms with Gasteiger partial charge < -0.3 is 14.6 Å². The van der Waals surface area contributed by atoms with Crippen LogP contribution in [0, 0.1) is 0 Å². The number of nitrogens with zero attached hydrogens (tertiary/aromatic N) is 1. The molecule has 1 aromatic rings. The Bertz CT molecular complexity index is 361. The first kappa shape index (κ1) is 12.3. The van der Waals surface area contributed by atoms with Crippen molar-refractivity contribution in [2.24, 2.45) is 0 Å². The summed E-state index contributed by atoms with van der Waals surface area (Å²) in [4.78, 5) is 4.09. The summed E-state index contributed by atoms with van der Waals surface area (Å²) in [6.07, 6.45) is 4.62. The summed E-state index contributed by atoms with van der Waals surface area (Å²) in [5.74, 6) is 0.689. The number of hydrogen-bond donors (Lipinski definition) is 1. The fraction of sp³-hybridized carbons (Fsp3) is 0.615. The van der Waals surface area contributed by atoms with Crippen LogP contribution in [0.4, 0.5) is 0 Å². The van der Waals surface area contributed by atoms with Crippen molar-refractivity contribution < 1.29 is 14.6 Å². The molecule has 1 saturated heterocycles. The van der Waals surface area contributed by atoms with E-state index >= 15 is 0 Å². The van der Waals surface area contributed by atoms with Gasteiger partial charge in [0.25, 0.3) is 0 Å². The van der Waals surface area contributed by atoms with Crippen molar-refractivity contribution in [2.45, 2.75) is 45.0 Å². The number of pyridine rings is 1. The summed E-state index contributed by atoms with van der Waals surface area (Å²) in [6, 6.07) is 1.83. The summed E-state index contributed by atoms with van der Waals surface area (Å²) in [5.41, 5.74) is 0.759. The van der Waals surface area contributed by atoms with Crippen molar-refractivity contribution in [1.29, 1.82) is 0 Å². The second-order valence-corrected chi connectivity index (χ2v) is 4.62. The molecule has 17 heavy (non-hydrogen) atoms. The quantitative estimate of drug-likeness (QED) is 0.871. The predicted molar refractivity (Wildman–Crippen MR) is 63.9 cm³/mol. The van der Waals surface area contributed by atoms with Gasteiger partial charge in [0.05, 0.1) is 18.4 Å². The molecule has 0 aliphatic carbocycles. The van der Waals surface area contributed by atoms with Crippen molar-refractivity contribution in [2.75, 3.05) is 6.61 Å². The summed E-state index contributed by atoms with van der Waals surface area (Å²) in [6.45, 7) is 4.66. The third-order valence-electron chi connectivity index (χ3n) is 2.76. The Morgan fingerprint density at radius 1 is 1.47 bits per heavy atom. The van der Waals surface area contributed by atoms with Crippen molar-refractivity contribution in [3.05, 3.63) is 24.0 Å². The van der Waals surface area contributed by atoms with Crippen LogP contribution in [-0.2, 0) is 4.74 Å². The fourth-order valence-electron chi connectivity index (χ4n) is 2.00. The number of aliphatic hydroxyl groups excluding tert-OH is 1. The van der Waals surface area contributed by atoms with Crippen LogP contribution >= 0.6 is 0 Å². The van der Waals surface area contributed by atoms with E-state index in [-0.39, 0.29) is 12.2 Å². The summed E-state index contributed by atoms with van der Waals surface area (Å²) in [7, 11) is 0. The summed E-state index contributed by atoms with van der Waals surface area (Å²) >= 11 is 0. The second-order valence-electron chi connectivity index (χ2n) is 4.62. The second kappa shape index (κ2) is 5.47. The van der Waals surface area contributed by atoms with E-state index in [4.69, 9.17) is 9.47 Å². The third kappa shape index (κ3) is 3.17. The van der Waals surface area contributed by atoms with Crippen LogP contribution in [0.5, 0.6) is 5.75 Å².